The molecule has 0 saturated carbocycles. The number of nitrogens with zero attached hydrogens (tertiary/aromatic N) is 2. The minimum atomic E-state index is -0.473. The lowest BCUT2D eigenvalue weighted by molar-refractivity contribution is -0.384. The molecular weight excluding hydrogens is 450 g/mol. The van der Waals surface area contributed by atoms with Crippen molar-refractivity contribution in [3.8, 4) is 34.1 Å². The second-order valence-electron chi connectivity index (χ2n) is 7.64. The highest BCUT2D eigenvalue weighted by molar-refractivity contribution is 6.13. The minimum Gasteiger partial charge on any atom is -0.493 e. The zero-order valence-corrected chi connectivity index (χ0v) is 19.3. The fourth-order valence-corrected chi connectivity index (χ4v) is 3.85. The number of ether oxygens (including phenoxy) is 3. The number of hydrogen-bond donors (Lipinski definition) is 1. The highest BCUT2D eigenvalue weighted by Gasteiger charge is 2.23. The lowest BCUT2D eigenvalue weighted by atomic mass is 9.97. The zero-order chi connectivity index (χ0) is 25.1. The van der Waals surface area contributed by atoms with E-state index >= 15 is 0 Å². The van der Waals surface area contributed by atoms with Gasteiger partial charge in [-0.3, -0.25) is 14.9 Å². The molecular formula is C26H23N3O6. The SMILES string of the molecule is COc1cc(C(=O)c2cn(-c3cccc(N)c3)cc2-c2cccc([N+](=O)[O-])c2)cc(OC)c1OC. The van der Waals surface area contributed by atoms with E-state index in [0.717, 1.165) is 5.69 Å². The van der Waals surface area contributed by atoms with Crippen LogP contribution in [-0.4, -0.2) is 36.6 Å². The molecule has 0 aliphatic heterocycles. The summed E-state index contributed by atoms with van der Waals surface area (Å²) in [5, 5.41) is 11.4. The molecule has 35 heavy (non-hydrogen) atoms. The van der Waals surface area contributed by atoms with Crippen molar-refractivity contribution in [2.45, 2.75) is 0 Å². The van der Waals surface area contributed by atoms with Gasteiger partial charge in [0.05, 0.1) is 26.3 Å². The number of nitrogens with two attached hydrogens (primary N) is 1. The van der Waals surface area contributed by atoms with Crippen molar-refractivity contribution < 1.29 is 23.9 Å². The molecule has 9 nitrogen and oxygen atoms in total. The average molecular weight is 473 g/mol. The molecule has 0 aliphatic rings. The Balaban J connectivity index is 1.91. The van der Waals surface area contributed by atoms with Crippen LogP contribution in [0.15, 0.2) is 73.1 Å². The number of methoxy groups -OCH3 is 3. The molecule has 0 saturated heterocycles. The number of benzene rings is 3. The molecule has 0 unspecified atom stereocenters. The second kappa shape index (κ2) is 9.60. The summed E-state index contributed by atoms with van der Waals surface area (Å²) in [5.74, 6) is 0.709. The quantitative estimate of drug-likeness (QED) is 0.167. The fourth-order valence-electron chi connectivity index (χ4n) is 3.85. The Morgan fingerprint density at radius 2 is 1.60 bits per heavy atom. The molecule has 0 atom stereocenters. The van der Waals surface area contributed by atoms with E-state index in [-0.39, 0.29) is 11.5 Å². The van der Waals surface area contributed by atoms with Gasteiger partial charge in [-0.2, -0.15) is 0 Å². The molecule has 3 aromatic carbocycles. The molecule has 1 heterocycles. The molecule has 178 valence electrons. The summed E-state index contributed by atoms with van der Waals surface area (Å²) in [6.07, 6.45) is 3.42. The van der Waals surface area contributed by atoms with Crippen LogP contribution in [0.5, 0.6) is 17.2 Å². The first-order valence-electron chi connectivity index (χ1n) is 10.5. The van der Waals surface area contributed by atoms with Crippen molar-refractivity contribution in [1.29, 1.82) is 0 Å². The zero-order valence-electron chi connectivity index (χ0n) is 19.3. The van der Waals surface area contributed by atoms with Crippen LogP contribution in [0.3, 0.4) is 0 Å². The molecule has 2 N–H and O–H groups in total. The van der Waals surface area contributed by atoms with Crippen molar-refractivity contribution >= 4 is 17.2 Å². The van der Waals surface area contributed by atoms with Gasteiger partial charge in [-0.25, -0.2) is 0 Å². The Hall–Kier alpha value is -4.79. The van der Waals surface area contributed by atoms with Crippen LogP contribution >= 0.6 is 0 Å². The molecule has 1 aromatic heterocycles. The summed E-state index contributed by atoms with van der Waals surface area (Å²) >= 11 is 0. The van der Waals surface area contributed by atoms with Crippen LogP contribution in [-0.2, 0) is 0 Å². The van der Waals surface area contributed by atoms with Crippen LogP contribution in [0.4, 0.5) is 11.4 Å². The molecule has 0 spiro atoms. The number of carbonyl (C=O) groups is 1. The van der Waals surface area contributed by atoms with Gasteiger partial charge in [0, 0.05) is 52.6 Å². The Bertz CT molecular complexity index is 1400. The molecule has 0 fully saturated rings. The van der Waals surface area contributed by atoms with E-state index in [1.54, 1.807) is 59.4 Å². The summed E-state index contributed by atoms with van der Waals surface area (Å²) in [4.78, 5) is 24.7. The predicted molar refractivity (Wildman–Crippen MR) is 132 cm³/mol. The van der Waals surface area contributed by atoms with E-state index in [2.05, 4.69) is 0 Å². The standard InChI is InChI=1S/C26H23N3O6/c1-33-23-11-17(12-24(34-2)26(23)35-3)25(30)22-15-28(19-8-5-7-18(27)13-19)14-21(22)16-6-4-9-20(10-16)29(31)32/h4-15H,27H2,1-3H3. The lowest BCUT2D eigenvalue weighted by Crippen LogP contribution is -2.05. The van der Waals surface area contributed by atoms with Gasteiger partial charge in [0.25, 0.3) is 5.69 Å². The number of ketones is 1. The van der Waals surface area contributed by atoms with Gasteiger partial charge in [-0.05, 0) is 35.9 Å². The van der Waals surface area contributed by atoms with Gasteiger partial charge >= 0.3 is 0 Å². The maximum Gasteiger partial charge on any atom is 0.270 e. The van der Waals surface area contributed by atoms with Crippen LogP contribution < -0.4 is 19.9 Å². The van der Waals surface area contributed by atoms with E-state index in [1.807, 2.05) is 6.07 Å². The van der Waals surface area contributed by atoms with Gasteiger partial charge in [-0.15, -0.1) is 0 Å². The van der Waals surface area contributed by atoms with Crippen molar-refractivity contribution in [2.75, 3.05) is 27.1 Å². The molecule has 0 radical (unpaired) electrons. The molecule has 0 amide bonds. The van der Waals surface area contributed by atoms with Gasteiger partial charge in [0.15, 0.2) is 17.3 Å². The summed E-state index contributed by atoms with van der Waals surface area (Å²) < 4.78 is 17.9. The van der Waals surface area contributed by atoms with Crippen LogP contribution in [0.25, 0.3) is 16.8 Å². The van der Waals surface area contributed by atoms with E-state index in [1.165, 1.54) is 33.5 Å². The number of non-ortho nitro benzene ring substituents is 1. The number of aromatic nitrogens is 1. The molecule has 9 heteroatoms. The van der Waals surface area contributed by atoms with Crippen molar-refractivity contribution in [1.82, 2.24) is 4.57 Å². The van der Waals surface area contributed by atoms with E-state index in [9.17, 15) is 14.9 Å². The number of carbonyl (C=O) groups excluding carboxylic acids is 1. The largest absolute Gasteiger partial charge is 0.493 e. The normalized spacial score (nSPS) is 10.6. The minimum absolute atomic E-state index is 0.0783. The Kier molecular flexibility index (Phi) is 6.41. The Morgan fingerprint density at radius 3 is 2.20 bits per heavy atom. The number of nitro groups is 1. The second-order valence-corrected chi connectivity index (χ2v) is 7.64. The van der Waals surface area contributed by atoms with Crippen LogP contribution in [0, 0.1) is 10.1 Å². The number of nitro benzene ring substituents is 1. The summed E-state index contributed by atoms with van der Waals surface area (Å²) in [6.45, 7) is 0. The highest BCUT2D eigenvalue weighted by Crippen LogP contribution is 2.39. The summed E-state index contributed by atoms with van der Waals surface area (Å²) in [6, 6.07) is 16.5. The van der Waals surface area contributed by atoms with Gasteiger partial charge in [0.2, 0.25) is 5.75 Å². The maximum absolute atomic E-state index is 13.8. The van der Waals surface area contributed by atoms with Gasteiger partial charge in [-0.1, -0.05) is 18.2 Å². The lowest BCUT2D eigenvalue weighted by Gasteiger charge is -2.14. The van der Waals surface area contributed by atoms with Crippen LogP contribution in [0.2, 0.25) is 0 Å². The summed E-state index contributed by atoms with van der Waals surface area (Å²) in [7, 11) is 4.42. The third-order valence-corrected chi connectivity index (χ3v) is 5.53. The fraction of sp³-hybridized carbons (Fsp3) is 0.115. The van der Waals surface area contributed by atoms with Gasteiger partial charge in [0.1, 0.15) is 0 Å². The molecule has 4 rings (SSSR count). The predicted octanol–water partition coefficient (Wildman–Crippen LogP) is 4.89. The first kappa shape index (κ1) is 23.4. The molecule has 0 aliphatic carbocycles. The topological polar surface area (TPSA) is 119 Å². The first-order chi connectivity index (χ1) is 16.9. The van der Waals surface area contributed by atoms with Crippen LogP contribution in [0.1, 0.15) is 15.9 Å². The van der Waals surface area contributed by atoms with Crippen molar-refractivity contribution in [3.05, 3.63) is 94.3 Å². The van der Waals surface area contributed by atoms with E-state index in [4.69, 9.17) is 19.9 Å². The summed E-state index contributed by atoms with van der Waals surface area (Å²) in [5.41, 5.74) is 8.86. The number of hydrogen-bond acceptors (Lipinski definition) is 7. The smallest absolute Gasteiger partial charge is 0.270 e. The van der Waals surface area contributed by atoms with E-state index in [0.29, 0.717) is 45.2 Å². The third kappa shape index (κ3) is 4.51. The average Bonchev–Trinajstić information content (AvgIpc) is 3.33. The molecule has 0 bridgehead atoms. The maximum atomic E-state index is 13.8. The number of nitrogen functional groups attached to an aromatic ring is 1. The first-order valence-corrected chi connectivity index (χ1v) is 10.5. The van der Waals surface area contributed by atoms with E-state index < -0.39 is 4.92 Å². The third-order valence-electron chi connectivity index (χ3n) is 5.53. The number of anilines is 1. The Morgan fingerprint density at radius 1 is 0.914 bits per heavy atom. The van der Waals surface area contributed by atoms with Crippen molar-refractivity contribution in [2.24, 2.45) is 0 Å². The highest BCUT2D eigenvalue weighted by atomic mass is 16.6. The molecule has 4 aromatic rings. The Labute approximate surface area is 201 Å². The number of rotatable bonds is 8. The van der Waals surface area contributed by atoms with Crippen molar-refractivity contribution in [3.63, 3.8) is 0 Å². The monoisotopic (exact) mass is 473 g/mol. The van der Waals surface area contributed by atoms with Gasteiger partial charge < -0.3 is 24.5 Å².